The number of halogens is 2. The van der Waals surface area contributed by atoms with Crippen LogP contribution in [0.5, 0.6) is 0 Å². The van der Waals surface area contributed by atoms with Crippen LogP contribution in [0.1, 0.15) is 6.42 Å². The van der Waals surface area contributed by atoms with Crippen molar-refractivity contribution in [1.82, 2.24) is 4.98 Å². The second-order valence-corrected chi connectivity index (χ2v) is 5.65. The first-order valence-corrected chi connectivity index (χ1v) is 6.67. The predicted octanol–water partition coefficient (Wildman–Crippen LogP) is 1.21. The monoisotopic (exact) mass is 250 g/mol. The SMILES string of the molecule is CS(=O)(=O)CCCNc1ncc(F)cc1F. The third-order valence-corrected chi connectivity index (χ3v) is 2.82. The van der Waals surface area contributed by atoms with Gasteiger partial charge >= 0.3 is 0 Å². The quantitative estimate of drug-likeness (QED) is 0.798. The molecule has 1 aromatic heterocycles. The molecule has 7 heteroatoms. The molecule has 0 saturated carbocycles. The highest BCUT2D eigenvalue weighted by atomic mass is 32.2. The van der Waals surface area contributed by atoms with Crippen LogP contribution in [-0.2, 0) is 9.84 Å². The molecule has 0 spiro atoms. The van der Waals surface area contributed by atoms with Gasteiger partial charge in [0, 0.05) is 18.9 Å². The first kappa shape index (κ1) is 12.8. The van der Waals surface area contributed by atoms with Crippen LogP contribution in [0.2, 0.25) is 0 Å². The molecule has 0 atom stereocenters. The summed E-state index contributed by atoms with van der Waals surface area (Å²) >= 11 is 0. The van der Waals surface area contributed by atoms with Gasteiger partial charge in [0.1, 0.15) is 15.7 Å². The smallest absolute Gasteiger partial charge is 0.168 e. The molecule has 0 fully saturated rings. The van der Waals surface area contributed by atoms with Gasteiger partial charge in [-0.1, -0.05) is 0 Å². The Morgan fingerprint density at radius 1 is 1.44 bits per heavy atom. The van der Waals surface area contributed by atoms with E-state index in [0.29, 0.717) is 12.5 Å². The van der Waals surface area contributed by atoms with Crippen LogP contribution in [0.3, 0.4) is 0 Å². The first-order chi connectivity index (χ1) is 7.38. The Labute approximate surface area is 92.6 Å². The number of anilines is 1. The number of hydrogen-bond acceptors (Lipinski definition) is 4. The predicted molar refractivity (Wildman–Crippen MR) is 57.0 cm³/mol. The summed E-state index contributed by atoms with van der Waals surface area (Å²) in [6.07, 6.45) is 2.36. The summed E-state index contributed by atoms with van der Waals surface area (Å²) < 4.78 is 47.1. The Bertz CT molecular complexity index is 463. The zero-order valence-corrected chi connectivity index (χ0v) is 9.52. The molecule has 0 radical (unpaired) electrons. The molecular formula is C9H12F2N2O2S. The fourth-order valence-corrected chi connectivity index (χ4v) is 1.75. The van der Waals surface area contributed by atoms with Gasteiger partial charge in [0.2, 0.25) is 0 Å². The molecule has 1 heterocycles. The molecule has 4 nitrogen and oxygen atoms in total. The minimum Gasteiger partial charge on any atom is -0.368 e. The molecule has 0 aliphatic carbocycles. The molecule has 1 rings (SSSR count). The van der Waals surface area contributed by atoms with E-state index in [2.05, 4.69) is 10.3 Å². The van der Waals surface area contributed by atoms with Crippen molar-refractivity contribution in [3.63, 3.8) is 0 Å². The average Bonchev–Trinajstić information content (AvgIpc) is 2.13. The number of hydrogen-bond donors (Lipinski definition) is 1. The van der Waals surface area contributed by atoms with Gasteiger partial charge in [0.25, 0.3) is 0 Å². The van der Waals surface area contributed by atoms with Crippen molar-refractivity contribution >= 4 is 15.7 Å². The second-order valence-electron chi connectivity index (χ2n) is 3.39. The van der Waals surface area contributed by atoms with E-state index in [4.69, 9.17) is 0 Å². The van der Waals surface area contributed by atoms with Crippen molar-refractivity contribution in [2.24, 2.45) is 0 Å². The zero-order chi connectivity index (χ0) is 12.2. The molecular weight excluding hydrogens is 238 g/mol. The molecule has 0 aliphatic rings. The van der Waals surface area contributed by atoms with E-state index in [0.717, 1.165) is 12.5 Å². The summed E-state index contributed by atoms with van der Waals surface area (Å²) in [5.41, 5.74) is 0. The Kier molecular flexibility index (Phi) is 4.17. The number of sulfone groups is 1. The van der Waals surface area contributed by atoms with E-state index in [1.54, 1.807) is 0 Å². The van der Waals surface area contributed by atoms with Crippen LogP contribution in [0.15, 0.2) is 12.3 Å². The maximum absolute atomic E-state index is 13.0. The third kappa shape index (κ3) is 4.52. The molecule has 0 amide bonds. The van der Waals surface area contributed by atoms with E-state index in [1.807, 2.05) is 0 Å². The first-order valence-electron chi connectivity index (χ1n) is 4.61. The summed E-state index contributed by atoms with van der Waals surface area (Å²) in [6, 6.07) is 0.714. The molecule has 0 aromatic carbocycles. The number of pyridine rings is 1. The van der Waals surface area contributed by atoms with Crippen molar-refractivity contribution < 1.29 is 17.2 Å². The van der Waals surface area contributed by atoms with Crippen LogP contribution in [0.4, 0.5) is 14.6 Å². The van der Waals surface area contributed by atoms with Crippen LogP contribution in [-0.4, -0.2) is 32.0 Å². The minimum absolute atomic E-state index is 0.0167. The Balaban J connectivity index is 2.43. The normalized spacial score (nSPS) is 11.4. The fraction of sp³-hybridized carbons (Fsp3) is 0.444. The van der Waals surface area contributed by atoms with Crippen molar-refractivity contribution in [3.05, 3.63) is 23.9 Å². The van der Waals surface area contributed by atoms with Gasteiger partial charge < -0.3 is 5.32 Å². The molecule has 0 bridgehead atoms. The Morgan fingerprint density at radius 3 is 2.69 bits per heavy atom. The lowest BCUT2D eigenvalue weighted by Gasteiger charge is -2.05. The van der Waals surface area contributed by atoms with Crippen LogP contribution >= 0.6 is 0 Å². The molecule has 0 unspecified atom stereocenters. The molecule has 1 N–H and O–H groups in total. The van der Waals surface area contributed by atoms with Crippen molar-refractivity contribution in [2.75, 3.05) is 23.9 Å². The summed E-state index contributed by atoms with van der Waals surface area (Å²) in [6.45, 7) is 0.266. The van der Waals surface area contributed by atoms with Gasteiger partial charge in [0.15, 0.2) is 11.6 Å². The Hall–Kier alpha value is -1.24. The number of aromatic nitrogens is 1. The summed E-state index contributed by atoms with van der Waals surface area (Å²) in [4.78, 5) is 3.50. The zero-order valence-electron chi connectivity index (χ0n) is 8.70. The van der Waals surface area contributed by atoms with E-state index in [1.165, 1.54) is 0 Å². The van der Waals surface area contributed by atoms with Gasteiger partial charge in [0.05, 0.1) is 11.9 Å². The van der Waals surface area contributed by atoms with E-state index >= 15 is 0 Å². The van der Waals surface area contributed by atoms with Gasteiger partial charge in [-0.3, -0.25) is 0 Å². The maximum atomic E-state index is 13.0. The summed E-state index contributed by atoms with van der Waals surface area (Å²) in [7, 11) is -3.01. The van der Waals surface area contributed by atoms with E-state index in [-0.39, 0.29) is 18.1 Å². The van der Waals surface area contributed by atoms with Crippen LogP contribution < -0.4 is 5.32 Å². The molecule has 90 valence electrons. The number of rotatable bonds is 5. The lowest BCUT2D eigenvalue weighted by molar-refractivity contribution is 0.575. The Morgan fingerprint density at radius 2 is 2.12 bits per heavy atom. The topological polar surface area (TPSA) is 59.1 Å². The largest absolute Gasteiger partial charge is 0.368 e. The van der Waals surface area contributed by atoms with Crippen molar-refractivity contribution in [1.29, 1.82) is 0 Å². The molecule has 1 aromatic rings. The minimum atomic E-state index is -3.01. The van der Waals surface area contributed by atoms with Gasteiger partial charge in [-0.2, -0.15) is 0 Å². The van der Waals surface area contributed by atoms with Crippen LogP contribution in [0.25, 0.3) is 0 Å². The maximum Gasteiger partial charge on any atom is 0.168 e. The fourth-order valence-electron chi connectivity index (χ4n) is 1.09. The van der Waals surface area contributed by atoms with Gasteiger partial charge in [-0.15, -0.1) is 0 Å². The number of nitrogens with one attached hydrogen (secondary N) is 1. The molecule has 16 heavy (non-hydrogen) atoms. The average molecular weight is 250 g/mol. The van der Waals surface area contributed by atoms with Crippen LogP contribution in [0, 0.1) is 11.6 Å². The highest BCUT2D eigenvalue weighted by Crippen LogP contribution is 2.10. The molecule has 0 saturated heterocycles. The van der Waals surface area contributed by atoms with E-state index < -0.39 is 21.5 Å². The van der Waals surface area contributed by atoms with Gasteiger partial charge in [-0.25, -0.2) is 22.2 Å². The second kappa shape index (κ2) is 5.20. The standard InChI is InChI=1S/C9H12F2N2O2S/c1-16(14,15)4-2-3-12-9-8(11)5-7(10)6-13-9/h5-6H,2-4H2,1H3,(H,12,13). The summed E-state index contributed by atoms with van der Waals surface area (Å²) in [5.74, 6) is -1.60. The molecule has 0 aliphatic heterocycles. The van der Waals surface area contributed by atoms with Crippen molar-refractivity contribution in [2.45, 2.75) is 6.42 Å². The number of nitrogens with zero attached hydrogens (tertiary/aromatic N) is 1. The van der Waals surface area contributed by atoms with Gasteiger partial charge in [-0.05, 0) is 6.42 Å². The summed E-state index contributed by atoms with van der Waals surface area (Å²) in [5, 5.41) is 2.60. The van der Waals surface area contributed by atoms with Crippen molar-refractivity contribution in [3.8, 4) is 0 Å². The highest BCUT2D eigenvalue weighted by Gasteiger charge is 2.05. The lowest BCUT2D eigenvalue weighted by Crippen LogP contribution is -2.11. The van der Waals surface area contributed by atoms with E-state index in [9.17, 15) is 17.2 Å². The third-order valence-electron chi connectivity index (χ3n) is 1.79. The lowest BCUT2D eigenvalue weighted by atomic mass is 10.4. The highest BCUT2D eigenvalue weighted by molar-refractivity contribution is 7.90.